The van der Waals surface area contributed by atoms with Crippen molar-refractivity contribution in [2.24, 2.45) is 0 Å². The zero-order valence-corrected chi connectivity index (χ0v) is 20.0. The van der Waals surface area contributed by atoms with Crippen LogP contribution < -0.4 is 0 Å². The number of alkyl halides is 12. The summed E-state index contributed by atoms with van der Waals surface area (Å²) in [6, 6.07) is 7.28. The monoisotopic (exact) mass is 619 g/mol. The molecule has 0 aliphatic rings. The highest BCUT2D eigenvalue weighted by molar-refractivity contribution is 8.77. The van der Waals surface area contributed by atoms with Gasteiger partial charge in [0.25, 0.3) is 4.75 Å². The SMILES string of the molecule is Fc1ccc(-c2cc(C(SSC(C(F)(F)F)C(F)(F)F)(C(F)(F)F)C(F)(F)F)[nH]c2-c2ccc(F)cc2)cc1. The zero-order valence-electron chi connectivity index (χ0n) is 18.4. The summed E-state index contributed by atoms with van der Waals surface area (Å²) in [6.07, 6.45) is -25.5. The summed E-state index contributed by atoms with van der Waals surface area (Å²) in [5.41, 5.74) is -3.20. The second kappa shape index (κ2) is 10.4. The molecule has 0 fully saturated rings. The summed E-state index contributed by atoms with van der Waals surface area (Å²) in [5, 5.41) is -4.60. The summed E-state index contributed by atoms with van der Waals surface area (Å²) in [5.74, 6) is -1.68. The van der Waals surface area contributed by atoms with Gasteiger partial charge in [0, 0.05) is 5.56 Å². The Morgan fingerprint density at radius 2 is 1.00 bits per heavy atom. The topological polar surface area (TPSA) is 15.8 Å². The van der Waals surface area contributed by atoms with Crippen LogP contribution in [0.25, 0.3) is 22.4 Å². The van der Waals surface area contributed by atoms with Gasteiger partial charge in [-0.2, -0.15) is 52.7 Å². The highest BCUT2D eigenvalue weighted by Crippen LogP contribution is 2.65. The van der Waals surface area contributed by atoms with Gasteiger partial charge in [0.15, 0.2) is 0 Å². The number of hydrogen-bond donors (Lipinski definition) is 1. The first-order chi connectivity index (χ1) is 17.7. The maximum Gasteiger partial charge on any atom is 0.418 e. The molecule has 17 heteroatoms. The molecule has 0 radical (unpaired) electrons. The van der Waals surface area contributed by atoms with Crippen LogP contribution in [0.4, 0.5) is 61.5 Å². The van der Waals surface area contributed by atoms with E-state index < -0.39 is 84.9 Å². The van der Waals surface area contributed by atoms with Gasteiger partial charge in [-0.15, -0.1) is 0 Å². The molecule has 214 valence electrons. The predicted molar refractivity (Wildman–Crippen MR) is 116 cm³/mol. The molecule has 0 aliphatic carbocycles. The number of H-pyrrole nitrogens is 1. The third kappa shape index (κ3) is 6.28. The quantitative estimate of drug-likeness (QED) is 0.218. The minimum Gasteiger partial charge on any atom is -0.356 e. The van der Waals surface area contributed by atoms with Crippen LogP contribution in [0.2, 0.25) is 0 Å². The van der Waals surface area contributed by atoms with E-state index in [9.17, 15) is 61.5 Å². The fourth-order valence-corrected chi connectivity index (χ4v) is 6.43. The molecule has 0 unspecified atom stereocenters. The van der Waals surface area contributed by atoms with Gasteiger partial charge in [-0.05, 0) is 53.6 Å². The Labute approximate surface area is 217 Å². The van der Waals surface area contributed by atoms with E-state index >= 15 is 0 Å². The average molecular weight is 619 g/mol. The van der Waals surface area contributed by atoms with Gasteiger partial charge >= 0.3 is 24.7 Å². The minimum atomic E-state index is -6.49. The Bertz CT molecular complexity index is 1180. The molecule has 0 spiro atoms. The molecule has 0 atom stereocenters. The van der Waals surface area contributed by atoms with Crippen molar-refractivity contribution in [1.82, 2.24) is 4.98 Å². The zero-order chi connectivity index (χ0) is 29.6. The average Bonchev–Trinajstić information content (AvgIpc) is 3.19. The van der Waals surface area contributed by atoms with Crippen LogP contribution >= 0.6 is 21.6 Å². The molecule has 39 heavy (non-hydrogen) atoms. The number of nitrogens with one attached hydrogen (secondary N) is 1. The van der Waals surface area contributed by atoms with E-state index in [1.807, 2.05) is 4.98 Å². The molecule has 2 aromatic carbocycles. The minimum absolute atomic E-state index is 0.169. The Morgan fingerprint density at radius 1 is 0.590 bits per heavy atom. The smallest absolute Gasteiger partial charge is 0.356 e. The third-order valence-electron chi connectivity index (χ3n) is 5.15. The van der Waals surface area contributed by atoms with Crippen LogP contribution in [-0.2, 0) is 4.75 Å². The Morgan fingerprint density at radius 3 is 1.38 bits per heavy atom. The highest BCUT2D eigenvalue weighted by Gasteiger charge is 2.74. The second-order valence-corrected chi connectivity index (χ2v) is 10.3. The van der Waals surface area contributed by atoms with Gasteiger partial charge in [-0.3, -0.25) is 0 Å². The van der Waals surface area contributed by atoms with E-state index in [2.05, 4.69) is 0 Å². The van der Waals surface area contributed by atoms with E-state index in [0.29, 0.717) is 0 Å². The molecular formula is C22H11F14NS2. The van der Waals surface area contributed by atoms with Crippen LogP contribution in [0.15, 0.2) is 54.6 Å². The number of aromatic amines is 1. The summed E-state index contributed by atoms with van der Waals surface area (Å²) < 4.78 is 185. The lowest BCUT2D eigenvalue weighted by molar-refractivity contribution is -0.269. The normalized spacial score (nSPS) is 13.8. The second-order valence-electron chi connectivity index (χ2n) is 7.81. The largest absolute Gasteiger partial charge is 0.418 e. The maximum absolute atomic E-state index is 14.2. The lowest BCUT2D eigenvalue weighted by Gasteiger charge is -2.36. The number of benzene rings is 2. The Balaban J connectivity index is 2.31. The third-order valence-corrected chi connectivity index (χ3v) is 8.52. The summed E-state index contributed by atoms with van der Waals surface area (Å²) in [4.78, 5) is 1.83. The van der Waals surface area contributed by atoms with Crippen molar-refractivity contribution in [2.45, 2.75) is 34.7 Å². The number of halogens is 14. The van der Waals surface area contributed by atoms with Crippen molar-refractivity contribution in [2.75, 3.05) is 0 Å². The van der Waals surface area contributed by atoms with Gasteiger partial charge in [0.1, 0.15) is 11.6 Å². The van der Waals surface area contributed by atoms with Crippen LogP contribution in [0.1, 0.15) is 5.69 Å². The van der Waals surface area contributed by atoms with Crippen molar-refractivity contribution in [3.05, 3.63) is 71.9 Å². The number of rotatable bonds is 6. The maximum atomic E-state index is 14.2. The molecule has 1 nitrogen and oxygen atoms in total. The summed E-state index contributed by atoms with van der Waals surface area (Å²) in [7, 11) is -3.40. The van der Waals surface area contributed by atoms with E-state index in [1.54, 1.807) is 0 Å². The van der Waals surface area contributed by atoms with Crippen molar-refractivity contribution >= 4 is 21.6 Å². The van der Waals surface area contributed by atoms with E-state index in [0.717, 1.165) is 48.5 Å². The van der Waals surface area contributed by atoms with Crippen molar-refractivity contribution in [3.63, 3.8) is 0 Å². The van der Waals surface area contributed by atoms with Crippen LogP contribution in [0, 0.1) is 11.6 Å². The molecule has 1 N–H and O–H groups in total. The van der Waals surface area contributed by atoms with Crippen molar-refractivity contribution in [1.29, 1.82) is 0 Å². The molecule has 0 saturated heterocycles. The highest BCUT2D eigenvalue weighted by atomic mass is 33.1. The van der Waals surface area contributed by atoms with Gasteiger partial charge < -0.3 is 4.98 Å². The summed E-state index contributed by atoms with van der Waals surface area (Å²) >= 11 is 0. The fraction of sp³-hybridized carbons (Fsp3) is 0.273. The van der Waals surface area contributed by atoms with E-state index in [4.69, 9.17) is 0 Å². The Kier molecular flexibility index (Phi) is 8.30. The fourth-order valence-electron chi connectivity index (χ4n) is 3.37. The first-order valence-electron chi connectivity index (χ1n) is 10.0. The molecule has 0 saturated carbocycles. The lowest BCUT2D eigenvalue weighted by atomic mass is 9.99. The standard InChI is InChI=1S/C22H11F14NS2/c23-12-5-1-10(2-6-12)14-9-15(37-16(14)11-3-7-13(24)8-4-11)18(21(31,32)33,22(34,35)36)39-38-17(19(25,26)27)20(28,29)30/h1-9,17,37H. The van der Waals surface area contributed by atoms with E-state index in [1.165, 1.54) is 0 Å². The van der Waals surface area contributed by atoms with Crippen LogP contribution in [0.3, 0.4) is 0 Å². The molecule has 0 amide bonds. The van der Waals surface area contributed by atoms with Crippen LogP contribution in [-0.4, -0.2) is 34.9 Å². The van der Waals surface area contributed by atoms with Gasteiger partial charge in [-0.1, -0.05) is 33.7 Å². The van der Waals surface area contributed by atoms with Crippen LogP contribution in [0.5, 0.6) is 0 Å². The van der Waals surface area contributed by atoms with Gasteiger partial charge in [-0.25, -0.2) is 8.78 Å². The molecule has 1 heterocycles. The first-order valence-corrected chi connectivity index (χ1v) is 12.3. The molecule has 3 rings (SSSR count). The number of aromatic nitrogens is 1. The van der Waals surface area contributed by atoms with Crippen molar-refractivity contribution in [3.8, 4) is 22.4 Å². The molecule has 1 aromatic heterocycles. The van der Waals surface area contributed by atoms with Gasteiger partial charge in [0.05, 0.1) is 11.4 Å². The molecule has 0 aliphatic heterocycles. The summed E-state index contributed by atoms with van der Waals surface area (Å²) in [6.45, 7) is 0. The number of hydrogen-bond acceptors (Lipinski definition) is 2. The molecule has 3 aromatic rings. The first kappa shape index (κ1) is 31.0. The van der Waals surface area contributed by atoms with E-state index in [-0.39, 0.29) is 17.2 Å². The lowest BCUT2D eigenvalue weighted by Crippen LogP contribution is -2.52. The predicted octanol–water partition coefficient (Wildman–Crippen LogP) is 9.82. The van der Waals surface area contributed by atoms with Gasteiger partial charge in [0.2, 0.25) is 5.25 Å². The molecular weight excluding hydrogens is 608 g/mol. The van der Waals surface area contributed by atoms with Crippen molar-refractivity contribution < 1.29 is 61.5 Å². The molecule has 0 bridgehead atoms. The Hall–Kier alpha value is -2.56.